The van der Waals surface area contributed by atoms with E-state index in [1.807, 2.05) is 13.8 Å². The van der Waals surface area contributed by atoms with Crippen LogP contribution in [-0.4, -0.2) is 4.57 Å². The second kappa shape index (κ2) is 4.38. The van der Waals surface area contributed by atoms with E-state index in [0.29, 0.717) is 29.6 Å². The first-order valence-electron chi connectivity index (χ1n) is 6.24. The van der Waals surface area contributed by atoms with E-state index < -0.39 is 15.1 Å². The van der Waals surface area contributed by atoms with Gasteiger partial charge in [-0.2, -0.15) is 0 Å². The second-order valence-corrected chi connectivity index (χ2v) is 6.68. The third-order valence-corrected chi connectivity index (χ3v) is 4.01. The third-order valence-electron chi connectivity index (χ3n) is 2.87. The second-order valence-electron chi connectivity index (χ2n) is 4.27. The highest BCUT2D eigenvalue weighted by atomic mass is 32.5. The molecule has 0 aliphatic carbocycles. The van der Waals surface area contributed by atoms with Gasteiger partial charge in [-0.1, -0.05) is 40.2 Å². The number of benzene rings is 1. The highest BCUT2D eigenvalue weighted by Crippen LogP contribution is 3.02. The minimum atomic E-state index is -9.59. The molecular weight excluding hydrogens is 297 g/mol. The monoisotopic (exact) mass is 315 g/mol. The summed E-state index contributed by atoms with van der Waals surface area (Å²) in [6, 6.07) is 2.08. The number of hydrogen-bond acceptors (Lipinski definition) is 0. The molecule has 0 fully saturated rings. The van der Waals surface area contributed by atoms with E-state index in [-0.39, 0.29) is 5.39 Å². The van der Waals surface area contributed by atoms with Gasteiger partial charge in [0.2, 0.25) is 0 Å². The summed E-state index contributed by atoms with van der Waals surface area (Å²) in [6.45, 7) is 5.77. The third kappa shape index (κ3) is 3.26. The van der Waals surface area contributed by atoms with E-state index in [1.54, 1.807) is 24.7 Å². The van der Waals surface area contributed by atoms with Crippen LogP contribution in [0.15, 0.2) is 29.3 Å². The molecule has 2 rings (SSSR count). The SMILES string of the molecule is CC.CCc1cn(C)c2ccc(S(F)(F)(F)(F)F)cc12. The average Bonchev–Trinajstić information content (AvgIpc) is 2.66. The molecule has 7 heteroatoms. The van der Waals surface area contributed by atoms with Crippen LogP contribution in [0.3, 0.4) is 0 Å². The van der Waals surface area contributed by atoms with Gasteiger partial charge in [-0.05, 0) is 30.2 Å². The van der Waals surface area contributed by atoms with Gasteiger partial charge < -0.3 is 4.57 Å². The molecule has 20 heavy (non-hydrogen) atoms. The molecule has 0 aliphatic rings. The van der Waals surface area contributed by atoms with Crippen LogP contribution >= 0.6 is 10.2 Å². The summed E-state index contributed by atoms with van der Waals surface area (Å²) in [5, 5.41) is 0.228. The van der Waals surface area contributed by atoms with Crippen molar-refractivity contribution in [2.75, 3.05) is 0 Å². The van der Waals surface area contributed by atoms with Crippen LogP contribution in [0.1, 0.15) is 26.3 Å². The van der Waals surface area contributed by atoms with Crippen molar-refractivity contribution < 1.29 is 19.4 Å². The van der Waals surface area contributed by atoms with Crippen molar-refractivity contribution in [2.24, 2.45) is 7.05 Å². The molecule has 0 N–H and O–H groups in total. The molecule has 0 unspecified atom stereocenters. The first kappa shape index (κ1) is 16.8. The van der Waals surface area contributed by atoms with Gasteiger partial charge in [-0.3, -0.25) is 0 Å². The van der Waals surface area contributed by atoms with Gasteiger partial charge in [0.05, 0.1) is 0 Å². The van der Waals surface area contributed by atoms with Crippen molar-refractivity contribution in [1.82, 2.24) is 4.57 Å². The lowest BCUT2D eigenvalue weighted by Gasteiger charge is -2.40. The maximum absolute atomic E-state index is 12.7. The van der Waals surface area contributed by atoms with E-state index in [2.05, 4.69) is 0 Å². The highest BCUT2D eigenvalue weighted by Gasteiger charge is 2.65. The van der Waals surface area contributed by atoms with Crippen molar-refractivity contribution in [3.63, 3.8) is 0 Å². The average molecular weight is 315 g/mol. The largest absolute Gasteiger partial charge is 0.350 e. The summed E-state index contributed by atoms with van der Waals surface area (Å²) in [5.74, 6) is 0. The fraction of sp³-hybridized carbons (Fsp3) is 0.385. The Hall–Kier alpha value is -1.24. The summed E-state index contributed by atoms with van der Waals surface area (Å²) < 4.78 is 65.2. The van der Waals surface area contributed by atoms with Crippen LogP contribution in [0, 0.1) is 0 Å². The number of halogens is 5. The summed E-state index contributed by atoms with van der Waals surface area (Å²) in [6.07, 6.45) is 2.14. The first-order valence-corrected chi connectivity index (χ1v) is 8.19. The van der Waals surface area contributed by atoms with E-state index >= 15 is 0 Å². The predicted octanol–water partition coefficient (Wildman–Crippen LogP) is 6.42. The van der Waals surface area contributed by atoms with Gasteiger partial charge in [0.1, 0.15) is 4.90 Å². The van der Waals surface area contributed by atoms with Gasteiger partial charge in [-0.25, -0.2) is 0 Å². The molecule has 0 saturated carbocycles. The molecular formula is C13H18F5NS. The fourth-order valence-corrected chi connectivity index (χ4v) is 2.64. The van der Waals surface area contributed by atoms with Crippen molar-refractivity contribution in [2.45, 2.75) is 32.1 Å². The zero-order valence-corrected chi connectivity index (χ0v) is 12.6. The minimum Gasteiger partial charge on any atom is -0.350 e. The topological polar surface area (TPSA) is 4.93 Å². The molecule has 2 aromatic rings. The lowest BCUT2D eigenvalue weighted by Crippen LogP contribution is -2.05. The molecule has 0 saturated heterocycles. The number of nitrogens with zero attached hydrogens (tertiary/aromatic N) is 1. The van der Waals surface area contributed by atoms with Gasteiger partial charge >= 0.3 is 10.2 Å². The van der Waals surface area contributed by atoms with Crippen molar-refractivity contribution in [1.29, 1.82) is 0 Å². The maximum Gasteiger partial charge on any atom is 0.310 e. The first-order chi connectivity index (χ1) is 8.92. The van der Waals surface area contributed by atoms with Crippen LogP contribution < -0.4 is 0 Å². The Kier molecular flexibility index (Phi) is 3.68. The molecule has 1 aromatic heterocycles. The standard InChI is InChI=1S/C11H12F5NS.C2H6/c1-3-8-7-17(2)11-5-4-9(6-10(8)11)18(12,13,14,15)16;1-2/h4-7H,3H2,1-2H3;1-2H3. The van der Waals surface area contributed by atoms with Gasteiger partial charge in [-0.15, -0.1) is 0 Å². The zero-order valence-electron chi connectivity index (χ0n) is 11.8. The molecule has 1 heterocycles. The molecule has 0 bridgehead atoms. The molecule has 0 atom stereocenters. The van der Waals surface area contributed by atoms with E-state index in [4.69, 9.17) is 0 Å². The van der Waals surface area contributed by atoms with Gasteiger partial charge in [0, 0.05) is 24.1 Å². The molecule has 0 aliphatic heterocycles. The van der Waals surface area contributed by atoms with Crippen LogP contribution in [0.5, 0.6) is 0 Å². The van der Waals surface area contributed by atoms with Gasteiger partial charge in [0.15, 0.2) is 0 Å². The summed E-state index contributed by atoms with van der Waals surface area (Å²) >= 11 is 0. The molecule has 1 nitrogen and oxygen atoms in total. The Labute approximate surface area is 115 Å². The van der Waals surface area contributed by atoms with Crippen LogP contribution in [0.2, 0.25) is 0 Å². The number of rotatable bonds is 2. The van der Waals surface area contributed by atoms with E-state index in [0.717, 1.165) is 6.07 Å². The number of aryl methyl sites for hydroxylation is 2. The lowest BCUT2D eigenvalue weighted by molar-refractivity contribution is 0.364. The Bertz CT molecular complexity index is 627. The number of aromatic nitrogens is 1. The number of fused-ring (bicyclic) bond motifs is 1. The van der Waals surface area contributed by atoms with Crippen LogP contribution in [0.25, 0.3) is 10.9 Å². The quantitative estimate of drug-likeness (QED) is 0.563. The highest BCUT2D eigenvalue weighted by molar-refractivity contribution is 8.45. The van der Waals surface area contributed by atoms with Crippen molar-refractivity contribution in [3.05, 3.63) is 30.0 Å². The van der Waals surface area contributed by atoms with Crippen LogP contribution in [-0.2, 0) is 13.5 Å². The Morgan fingerprint density at radius 1 is 1.05 bits per heavy atom. The van der Waals surface area contributed by atoms with E-state index in [1.165, 1.54) is 0 Å². The smallest absolute Gasteiger partial charge is 0.310 e. The Morgan fingerprint density at radius 2 is 1.60 bits per heavy atom. The van der Waals surface area contributed by atoms with Gasteiger partial charge in [0.25, 0.3) is 0 Å². The molecule has 0 amide bonds. The maximum atomic E-state index is 12.7. The Morgan fingerprint density at radius 3 is 2.05 bits per heavy atom. The fourth-order valence-electron chi connectivity index (χ4n) is 1.97. The summed E-state index contributed by atoms with van der Waals surface area (Å²) in [4.78, 5) is -1.83. The molecule has 116 valence electrons. The predicted molar refractivity (Wildman–Crippen MR) is 75.0 cm³/mol. The summed E-state index contributed by atoms with van der Waals surface area (Å²) in [7, 11) is -7.93. The molecule has 0 spiro atoms. The van der Waals surface area contributed by atoms with Crippen molar-refractivity contribution in [3.8, 4) is 0 Å². The summed E-state index contributed by atoms with van der Waals surface area (Å²) in [5.41, 5.74) is 1.13. The zero-order chi connectivity index (χ0) is 15.8. The molecule has 0 radical (unpaired) electrons. The normalized spacial score (nSPS) is 15.2. The lowest BCUT2D eigenvalue weighted by atomic mass is 10.1. The minimum absolute atomic E-state index is 0.228. The van der Waals surface area contributed by atoms with E-state index in [9.17, 15) is 19.4 Å². The van der Waals surface area contributed by atoms with Crippen LogP contribution in [0.4, 0.5) is 19.4 Å². The Balaban J connectivity index is 0.000000956. The van der Waals surface area contributed by atoms with Crippen molar-refractivity contribution >= 4 is 21.1 Å². The number of hydrogen-bond donors (Lipinski definition) is 0. The molecule has 1 aromatic carbocycles.